The van der Waals surface area contributed by atoms with Crippen LogP contribution in [0.4, 0.5) is 0 Å². The van der Waals surface area contributed by atoms with Crippen molar-refractivity contribution in [2.75, 3.05) is 0 Å². The number of thiophene rings is 1. The van der Waals surface area contributed by atoms with Crippen molar-refractivity contribution in [3.05, 3.63) is 58.9 Å². The van der Waals surface area contributed by atoms with Gasteiger partial charge in [0.2, 0.25) is 5.91 Å². The van der Waals surface area contributed by atoms with Gasteiger partial charge in [0.25, 0.3) is 5.89 Å². The molecule has 0 spiro atoms. The maximum atomic E-state index is 12.8. The summed E-state index contributed by atoms with van der Waals surface area (Å²) in [5, 5.41) is 10.1. The van der Waals surface area contributed by atoms with Crippen LogP contribution in [-0.4, -0.2) is 21.0 Å². The first-order valence-electron chi connectivity index (χ1n) is 9.03. The van der Waals surface area contributed by atoms with Crippen LogP contribution in [0.25, 0.3) is 21.7 Å². The minimum atomic E-state index is -0.162. The van der Waals surface area contributed by atoms with E-state index in [4.69, 9.17) is 4.52 Å². The fraction of sp³-hybridized carbons (Fsp3) is 0.250. The maximum absolute atomic E-state index is 12.8. The second kappa shape index (κ2) is 6.66. The SMILES string of the molecule is O=C(NCc1noc(-c2cccs2)n1)C1CCCc2c1[nH]c1ccccc21. The molecule has 1 aromatic carbocycles. The molecular formula is C20H18N4O2S. The maximum Gasteiger partial charge on any atom is 0.268 e. The van der Waals surface area contributed by atoms with E-state index in [2.05, 4.69) is 32.6 Å². The summed E-state index contributed by atoms with van der Waals surface area (Å²) < 4.78 is 5.27. The Morgan fingerprint density at radius 2 is 2.22 bits per heavy atom. The predicted octanol–water partition coefficient (Wildman–Crippen LogP) is 4.02. The van der Waals surface area contributed by atoms with E-state index in [1.807, 2.05) is 29.6 Å². The van der Waals surface area contributed by atoms with Crippen LogP contribution in [0.3, 0.4) is 0 Å². The number of fused-ring (bicyclic) bond motifs is 3. The molecule has 0 saturated carbocycles. The zero-order valence-electron chi connectivity index (χ0n) is 14.6. The number of hydrogen-bond acceptors (Lipinski definition) is 5. The van der Waals surface area contributed by atoms with Gasteiger partial charge in [-0.05, 0) is 42.3 Å². The van der Waals surface area contributed by atoms with Gasteiger partial charge in [0.1, 0.15) is 0 Å². The van der Waals surface area contributed by atoms with Gasteiger partial charge in [0, 0.05) is 16.6 Å². The number of nitrogens with one attached hydrogen (secondary N) is 2. The number of hydrogen-bond donors (Lipinski definition) is 2. The number of nitrogens with zero attached hydrogens (tertiary/aromatic N) is 2. The van der Waals surface area contributed by atoms with Crippen molar-refractivity contribution in [1.82, 2.24) is 20.4 Å². The van der Waals surface area contributed by atoms with Crippen molar-refractivity contribution in [1.29, 1.82) is 0 Å². The molecule has 7 heteroatoms. The average molecular weight is 378 g/mol. The molecular weight excluding hydrogens is 360 g/mol. The zero-order valence-corrected chi connectivity index (χ0v) is 15.4. The van der Waals surface area contributed by atoms with Crippen LogP contribution in [-0.2, 0) is 17.8 Å². The van der Waals surface area contributed by atoms with E-state index in [9.17, 15) is 4.79 Å². The summed E-state index contributed by atoms with van der Waals surface area (Å²) in [6, 6.07) is 12.1. The highest BCUT2D eigenvalue weighted by Gasteiger charge is 2.29. The topological polar surface area (TPSA) is 83.8 Å². The van der Waals surface area contributed by atoms with Gasteiger partial charge in [-0.25, -0.2) is 0 Å². The molecule has 4 aromatic rings. The number of aryl methyl sites for hydroxylation is 1. The molecule has 1 aliphatic carbocycles. The molecule has 1 unspecified atom stereocenters. The first-order valence-corrected chi connectivity index (χ1v) is 9.91. The molecule has 6 nitrogen and oxygen atoms in total. The molecule has 0 radical (unpaired) electrons. The summed E-state index contributed by atoms with van der Waals surface area (Å²) in [4.78, 5) is 21.6. The minimum Gasteiger partial charge on any atom is -0.357 e. The van der Waals surface area contributed by atoms with Gasteiger partial charge in [-0.2, -0.15) is 4.98 Å². The lowest BCUT2D eigenvalue weighted by atomic mass is 9.86. The lowest BCUT2D eigenvalue weighted by Crippen LogP contribution is -2.31. The molecule has 1 amide bonds. The number of aromatic nitrogens is 3. The Kier molecular flexibility index (Phi) is 4.01. The number of H-pyrrole nitrogens is 1. The summed E-state index contributed by atoms with van der Waals surface area (Å²) in [6.07, 6.45) is 2.87. The van der Waals surface area contributed by atoms with Crippen molar-refractivity contribution in [3.63, 3.8) is 0 Å². The number of aromatic amines is 1. The Labute approximate surface area is 159 Å². The highest BCUT2D eigenvalue weighted by atomic mass is 32.1. The second-order valence-corrected chi connectivity index (χ2v) is 7.67. The fourth-order valence-corrected chi connectivity index (χ4v) is 4.44. The Morgan fingerprint density at radius 1 is 1.30 bits per heavy atom. The van der Waals surface area contributed by atoms with E-state index in [-0.39, 0.29) is 18.4 Å². The summed E-state index contributed by atoms with van der Waals surface area (Å²) in [6.45, 7) is 0.264. The Bertz CT molecular complexity index is 1100. The molecule has 2 N–H and O–H groups in total. The lowest BCUT2D eigenvalue weighted by molar-refractivity contribution is -0.123. The standard InChI is InChI=1S/C20H18N4O2S/c25-19(21-11-17-23-20(26-24-17)16-9-4-10-27-16)14-7-3-6-13-12-5-1-2-8-15(12)22-18(13)14/h1-2,4-5,8-10,14,22H,3,6-7,11H2,(H,21,25). The fourth-order valence-electron chi connectivity index (χ4n) is 3.79. The third-order valence-corrected chi connectivity index (χ3v) is 5.91. The van der Waals surface area contributed by atoms with Crippen LogP contribution >= 0.6 is 11.3 Å². The summed E-state index contributed by atoms with van der Waals surface area (Å²) in [7, 11) is 0. The first kappa shape index (κ1) is 16.3. The van der Waals surface area contributed by atoms with Crippen molar-refractivity contribution in [2.24, 2.45) is 0 Å². The van der Waals surface area contributed by atoms with Gasteiger partial charge in [-0.1, -0.05) is 29.4 Å². The van der Waals surface area contributed by atoms with E-state index < -0.39 is 0 Å². The molecule has 3 heterocycles. The van der Waals surface area contributed by atoms with Crippen molar-refractivity contribution in [2.45, 2.75) is 31.7 Å². The Hall–Kier alpha value is -2.93. The first-order chi connectivity index (χ1) is 13.3. The van der Waals surface area contributed by atoms with Gasteiger partial charge < -0.3 is 14.8 Å². The van der Waals surface area contributed by atoms with Crippen LogP contribution < -0.4 is 5.32 Å². The van der Waals surface area contributed by atoms with Gasteiger partial charge >= 0.3 is 0 Å². The van der Waals surface area contributed by atoms with E-state index >= 15 is 0 Å². The molecule has 1 atom stereocenters. The quantitative estimate of drug-likeness (QED) is 0.562. The van der Waals surface area contributed by atoms with Crippen LogP contribution in [0.5, 0.6) is 0 Å². The van der Waals surface area contributed by atoms with Gasteiger partial charge in [-0.3, -0.25) is 4.79 Å². The van der Waals surface area contributed by atoms with Crippen LogP contribution in [0.2, 0.25) is 0 Å². The molecule has 27 heavy (non-hydrogen) atoms. The highest BCUT2D eigenvalue weighted by molar-refractivity contribution is 7.13. The van der Waals surface area contributed by atoms with Crippen molar-refractivity contribution < 1.29 is 9.32 Å². The van der Waals surface area contributed by atoms with Gasteiger partial charge in [-0.15, -0.1) is 11.3 Å². The van der Waals surface area contributed by atoms with Crippen LogP contribution in [0.15, 0.2) is 46.3 Å². The Morgan fingerprint density at radius 3 is 3.11 bits per heavy atom. The Balaban J connectivity index is 1.32. The molecule has 0 aliphatic heterocycles. The molecule has 0 saturated heterocycles. The lowest BCUT2D eigenvalue weighted by Gasteiger charge is -2.21. The third kappa shape index (κ3) is 2.94. The molecule has 136 valence electrons. The largest absolute Gasteiger partial charge is 0.357 e. The van der Waals surface area contributed by atoms with E-state index in [0.29, 0.717) is 11.7 Å². The molecule has 0 bridgehead atoms. The minimum absolute atomic E-state index is 0.00461. The summed E-state index contributed by atoms with van der Waals surface area (Å²) in [5.41, 5.74) is 3.42. The van der Waals surface area contributed by atoms with Crippen LogP contribution in [0.1, 0.15) is 35.8 Å². The second-order valence-electron chi connectivity index (χ2n) is 6.72. The number of carbonyl (C=O) groups excluding carboxylic acids is 1. The van der Waals surface area contributed by atoms with E-state index in [1.54, 1.807) is 11.3 Å². The molecule has 3 aromatic heterocycles. The average Bonchev–Trinajstić information content (AvgIpc) is 3.44. The molecule has 1 aliphatic rings. The number of amides is 1. The smallest absolute Gasteiger partial charge is 0.268 e. The van der Waals surface area contributed by atoms with Crippen molar-refractivity contribution >= 4 is 28.1 Å². The van der Waals surface area contributed by atoms with Gasteiger partial charge in [0.05, 0.1) is 17.3 Å². The summed E-state index contributed by atoms with van der Waals surface area (Å²) in [5.74, 6) is 0.819. The van der Waals surface area contributed by atoms with E-state index in [1.165, 1.54) is 10.9 Å². The summed E-state index contributed by atoms with van der Waals surface area (Å²) >= 11 is 1.54. The number of para-hydroxylation sites is 1. The molecule has 0 fully saturated rings. The number of benzene rings is 1. The number of rotatable bonds is 4. The van der Waals surface area contributed by atoms with Crippen LogP contribution in [0, 0.1) is 0 Å². The highest BCUT2D eigenvalue weighted by Crippen LogP contribution is 2.36. The monoisotopic (exact) mass is 378 g/mol. The van der Waals surface area contributed by atoms with E-state index in [0.717, 1.165) is 35.4 Å². The predicted molar refractivity (Wildman–Crippen MR) is 103 cm³/mol. The number of carbonyl (C=O) groups is 1. The van der Waals surface area contributed by atoms with Crippen molar-refractivity contribution in [3.8, 4) is 10.8 Å². The normalized spacial score (nSPS) is 16.4. The van der Waals surface area contributed by atoms with Gasteiger partial charge in [0.15, 0.2) is 5.82 Å². The molecule has 5 rings (SSSR count). The zero-order chi connectivity index (χ0) is 18.2. The third-order valence-electron chi connectivity index (χ3n) is 5.05.